The van der Waals surface area contributed by atoms with E-state index in [4.69, 9.17) is 14.3 Å². The molecule has 2 saturated heterocycles. The lowest BCUT2D eigenvalue weighted by atomic mass is 10.2. The van der Waals surface area contributed by atoms with Crippen LogP contribution in [-0.4, -0.2) is 204 Å². The van der Waals surface area contributed by atoms with Gasteiger partial charge in [-0.3, -0.25) is 67.1 Å². The fraction of sp³-hybridized carbons (Fsp3) is 0.725. The second-order valence-electron chi connectivity index (χ2n) is 19.7. The van der Waals surface area contributed by atoms with Gasteiger partial charge < -0.3 is 90.9 Å². The first kappa shape index (κ1) is 74.5. The molecule has 2 rings (SSSR count). The van der Waals surface area contributed by atoms with E-state index < -0.39 is 120 Å². The molecule has 0 aromatic heterocycles. The summed E-state index contributed by atoms with van der Waals surface area (Å²) >= 11 is 0. The first-order valence-corrected chi connectivity index (χ1v) is 27.1. The zero-order valence-corrected chi connectivity index (χ0v) is 50.2. The van der Waals surface area contributed by atoms with E-state index in [9.17, 15) is 67.1 Å². The van der Waals surface area contributed by atoms with Gasteiger partial charge in [-0.25, -0.2) is 0 Å². The van der Waals surface area contributed by atoms with Gasteiger partial charge in [-0.2, -0.15) is 0 Å². The number of nitrogens with two attached hydrogens (primary N) is 3. The van der Waals surface area contributed by atoms with Gasteiger partial charge >= 0.3 is 0 Å². The molecule has 0 bridgehead atoms. The zero-order chi connectivity index (χ0) is 64.6. The summed E-state index contributed by atoms with van der Waals surface area (Å²) in [5.41, 5.74) is 10.6. The molecule has 2 aliphatic rings. The quantitative estimate of drug-likeness (QED) is 0.0405. The van der Waals surface area contributed by atoms with Crippen LogP contribution in [0, 0.1) is 0 Å². The van der Waals surface area contributed by atoms with Crippen LogP contribution in [0.4, 0.5) is 0 Å². The van der Waals surface area contributed by atoms with Gasteiger partial charge in [0.1, 0.15) is 63.2 Å². The Morgan fingerprint density at radius 3 is 0.878 bits per heavy atom. The third-order valence-electron chi connectivity index (χ3n) is 12.1. The first-order chi connectivity index (χ1) is 38.5. The van der Waals surface area contributed by atoms with Crippen LogP contribution in [0.1, 0.15) is 135 Å². The summed E-state index contributed by atoms with van der Waals surface area (Å²) in [6.45, 7) is 24.4. The van der Waals surface area contributed by atoms with Gasteiger partial charge in [-0.1, -0.05) is 13.8 Å². The highest BCUT2D eigenvalue weighted by atomic mass is 16.2. The van der Waals surface area contributed by atoms with E-state index in [0.717, 1.165) is 25.7 Å². The van der Waals surface area contributed by atoms with Crippen LogP contribution in [-0.2, 0) is 67.1 Å². The highest BCUT2D eigenvalue weighted by Crippen LogP contribution is 2.10. The normalized spacial score (nSPS) is 16.9. The van der Waals surface area contributed by atoms with Gasteiger partial charge in [0.15, 0.2) is 0 Å². The summed E-state index contributed by atoms with van der Waals surface area (Å²) in [4.78, 5) is 166. The van der Waals surface area contributed by atoms with E-state index in [0.29, 0.717) is 39.0 Å². The Kier molecular flexibility index (Phi) is 36.9. The standard InChI is InChI=1S/2C16H29N5O4.C10H19N3O3.C9H17N3O3.H2O/c2*1-9(17)13(22)18-10(2)14(23)19-11(3)15(24)20-12(4)16(25)21-7-5-6-8-21;1-5-8(14)12-7(3)10(16)13-6(2)9(15)11-4;1-4-7(13)11-6(3)9(15)12-5(2)8(10)14;/h2*9-12H,5-8,17H2,1-4H3,(H,18,22)(H,19,23)(H,20,24);6-7H,5H2,1-4H3,(H,11,15)(H,12,14)(H,13,16);5-6H,4H2,1-3H3,(H2,10,14)(H,11,13)(H,12,15);1H2/i/hTH. The van der Waals surface area contributed by atoms with Crippen LogP contribution in [0.5, 0.6) is 0 Å². The number of hydrogen-bond acceptors (Lipinski definition) is 16. The van der Waals surface area contributed by atoms with Crippen molar-refractivity contribution >= 4 is 82.7 Å². The molecule has 0 spiro atoms. The van der Waals surface area contributed by atoms with Crippen LogP contribution < -0.4 is 75.7 Å². The van der Waals surface area contributed by atoms with E-state index in [1.54, 1.807) is 51.3 Å². The Balaban J connectivity index is -0.00000107. The number of carbonyl (C=O) groups is 14. The largest absolute Gasteiger partial charge is 0.412 e. The Hall–Kier alpha value is -7.54. The molecule has 0 saturated carbocycles. The van der Waals surface area contributed by atoms with Crippen LogP contribution >= 0.6 is 0 Å². The lowest BCUT2D eigenvalue weighted by Gasteiger charge is -2.23. The highest BCUT2D eigenvalue weighted by molar-refractivity contribution is 5.96. The van der Waals surface area contributed by atoms with Crippen molar-refractivity contribution in [3.05, 3.63) is 0 Å². The zero-order valence-electron chi connectivity index (χ0n) is 52.2. The molecule has 31 heteroatoms. The number of nitrogens with zero attached hydrogens (tertiary/aromatic N) is 2. The lowest BCUT2D eigenvalue weighted by molar-refractivity contribution is -0.136. The molecule has 2 heterocycles. The predicted octanol–water partition coefficient (Wildman–Crippen LogP) is -5.84. The fourth-order valence-electron chi connectivity index (χ4n) is 6.69. The van der Waals surface area contributed by atoms with Gasteiger partial charge in [0.25, 0.3) is 0 Å². The number of hydrogen-bond donors (Lipinski definition) is 14. The Morgan fingerprint density at radius 1 is 0.402 bits per heavy atom. The van der Waals surface area contributed by atoms with E-state index in [1.807, 2.05) is 0 Å². The number of nitrogens with one attached hydrogen (secondary N) is 11. The molecule has 0 aromatic carbocycles. The summed E-state index contributed by atoms with van der Waals surface area (Å²) in [5, 5.41) is 27.3. The smallest absolute Gasteiger partial charge is 0.244 e. The number of amides is 14. The van der Waals surface area contributed by atoms with E-state index in [2.05, 4.69) is 58.5 Å². The molecular formula is C51H96N16O15. The van der Waals surface area contributed by atoms with Crippen molar-refractivity contribution in [1.82, 2.24) is 68.3 Å². The number of likely N-dealkylation sites (tertiary alicyclic amines) is 2. The van der Waals surface area contributed by atoms with Crippen LogP contribution in [0.3, 0.4) is 0 Å². The minimum atomic E-state index is -1.04. The average molecular weight is 1180 g/mol. The van der Waals surface area contributed by atoms with Crippen LogP contribution in [0.2, 0.25) is 2.82 Å². The molecule has 2 fully saturated rings. The predicted molar refractivity (Wildman–Crippen MR) is 302 cm³/mol. The summed E-state index contributed by atoms with van der Waals surface area (Å²) in [6, 6.07) is -9.27. The molecule has 0 radical (unpaired) electrons. The van der Waals surface area contributed by atoms with Gasteiger partial charge in [0.05, 0.1) is 12.1 Å². The molecule has 0 aromatic rings. The van der Waals surface area contributed by atoms with Gasteiger partial charge in [-0.15, -0.1) is 0 Å². The first-order valence-electron chi connectivity index (χ1n) is 28.0. The average Bonchev–Trinajstić information content (AvgIpc) is 4.26. The van der Waals surface area contributed by atoms with Crippen LogP contribution in [0.15, 0.2) is 0 Å². The Labute approximate surface area is 483 Å². The highest BCUT2D eigenvalue weighted by Gasteiger charge is 2.30. The molecule has 12 unspecified atom stereocenters. The van der Waals surface area contributed by atoms with Crippen LogP contribution in [0.25, 0.3) is 0 Å². The minimum Gasteiger partial charge on any atom is -0.412 e. The summed E-state index contributed by atoms with van der Waals surface area (Å²) < 4.78 is 14.1. The molecule has 14 amide bonds. The molecule has 12 atom stereocenters. The third kappa shape index (κ3) is 31.5. The maximum atomic E-state index is 12.2. The van der Waals surface area contributed by atoms with Crippen molar-refractivity contribution in [2.24, 2.45) is 17.2 Å². The summed E-state index contributed by atoms with van der Waals surface area (Å²) in [6.07, 6.45) is 4.50. The molecular weight excluding hydrogens is 1080 g/mol. The fourth-order valence-corrected chi connectivity index (χ4v) is 6.69. The topological polar surface area (TPSA) is 487 Å². The van der Waals surface area contributed by atoms with E-state index in [-0.39, 0.29) is 46.6 Å². The second-order valence-corrected chi connectivity index (χ2v) is 19.7. The number of rotatable bonds is 25. The van der Waals surface area contributed by atoms with Crippen molar-refractivity contribution in [2.75, 3.05) is 33.2 Å². The maximum Gasteiger partial charge on any atom is 0.244 e. The second kappa shape index (κ2) is 40.6. The lowest BCUT2D eigenvalue weighted by Crippen LogP contribution is -2.55. The summed E-state index contributed by atoms with van der Waals surface area (Å²) in [7, 11) is 1.49. The molecule has 19 N–H and O–H groups in total. The monoisotopic (exact) mass is 1170 g/mol. The SMILES string of the molecule is CC(N)C(=O)NC(C)C(=O)NC(C)C(=O)NC(C)C(=O)N1CCCC1.CCC(=O)NC(C)C(=O)NC(C)C(=O)NC.CCC(=O)NC(C)C(=O)NC(C)C(N)=O.O.[1H]N([3H])C(C)C(=O)NC(C)C(=O)NC(C)C(=O)NC(C)C(=O)N1CCCC1. The minimum absolute atomic E-state index is 0. The summed E-state index contributed by atoms with van der Waals surface area (Å²) in [5.74, 6) is -5.54. The van der Waals surface area contributed by atoms with Crippen molar-refractivity contribution in [3.63, 3.8) is 0 Å². The Bertz CT molecular complexity index is 2220. The molecule has 470 valence electrons. The Morgan fingerprint density at radius 2 is 0.634 bits per heavy atom. The van der Waals surface area contributed by atoms with Crippen molar-refractivity contribution in [1.29, 1.82) is 0 Å². The van der Waals surface area contributed by atoms with E-state index in [1.165, 1.54) is 62.4 Å². The van der Waals surface area contributed by atoms with Gasteiger partial charge in [-0.05, 0) is 109 Å². The maximum absolute atomic E-state index is 12.2. The third-order valence-corrected chi connectivity index (χ3v) is 12.1. The van der Waals surface area contributed by atoms with Gasteiger partial charge in [0.2, 0.25) is 82.7 Å². The molecule has 82 heavy (non-hydrogen) atoms. The molecule has 0 aliphatic carbocycles. The van der Waals surface area contributed by atoms with Crippen molar-refractivity contribution < 1.29 is 75.4 Å². The van der Waals surface area contributed by atoms with Gasteiger partial charge in [0, 0.05) is 46.1 Å². The number of primary amides is 1. The molecule has 2 aliphatic heterocycles. The number of likely N-dealkylation sites (N-methyl/N-ethyl adjacent to an activating group) is 1. The van der Waals surface area contributed by atoms with E-state index >= 15 is 0 Å². The van der Waals surface area contributed by atoms with Crippen molar-refractivity contribution in [2.45, 2.75) is 208 Å². The molecule has 31 nitrogen and oxygen atoms in total. The van der Waals surface area contributed by atoms with Crippen molar-refractivity contribution in [3.8, 4) is 0 Å². The number of carbonyl (C=O) groups excluding carboxylic acids is 14.